The Bertz CT molecular complexity index is 1110. The molecule has 5 unspecified atom stereocenters. The molecular weight excluding hydrogens is 524 g/mol. The Morgan fingerprint density at radius 1 is 1.00 bits per heavy atom. The smallest absolute Gasteiger partial charge is 0.326 e. The molecule has 0 aliphatic rings. The second kappa shape index (κ2) is 16.1. The van der Waals surface area contributed by atoms with Gasteiger partial charge in [0.05, 0.1) is 12.1 Å². The van der Waals surface area contributed by atoms with Crippen LogP contribution < -0.4 is 27.4 Å². The summed E-state index contributed by atoms with van der Waals surface area (Å²) in [6.07, 6.45) is 4.24. The molecule has 39 heavy (non-hydrogen) atoms. The fourth-order valence-corrected chi connectivity index (χ4v) is 4.54. The SMILES string of the molecule is CSCCC(NC(=O)C(N)CCCCN)C(=O)NC(C(=O)NC(Cc1c[nH]c2ccccc12)C(=O)O)C(C)O. The lowest BCUT2D eigenvalue weighted by Gasteiger charge is -2.26. The summed E-state index contributed by atoms with van der Waals surface area (Å²) in [5, 5.41) is 28.4. The number of carboxylic acids is 1. The summed E-state index contributed by atoms with van der Waals surface area (Å²) < 4.78 is 0. The third-order valence-corrected chi connectivity index (χ3v) is 6.97. The maximum absolute atomic E-state index is 13.1. The number of hydrogen-bond donors (Lipinski definition) is 8. The molecule has 3 amide bonds. The summed E-state index contributed by atoms with van der Waals surface area (Å²) in [6.45, 7) is 1.79. The summed E-state index contributed by atoms with van der Waals surface area (Å²) in [4.78, 5) is 53.8. The van der Waals surface area contributed by atoms with Crippen LogP contribution in [0.3, 0.4) is 0 Å². The summed E-state index contributed by atoms with van der Waals surface area (Å²) in [6, 6.07) is 2.78. The Morgan fingerprint density at radius 3 is 2.33 bits per heavy atom. The van der Waals surface area contributed by atoms with Gasteiger partial charge in [0, 0.05) is 23.5 Å². The van der Waals surface area contributed by atoms with Crippen LogP contribution in [0.1, 0.15) is 38.2 Å². The first kappa shape index (κ1) is 32.1. The lowest BCUT2D eigenvalue weighted by atomic mass is 10.0. The van der Waals surface area contributed by atoms with Crippen molar-refractivity contribution in [2.45, 2.75) is 69.3 Å². The minimum atomic E-state index is -1.45. The number of carbonyl (C=O) groups excluding carboxylic acids is 3. The Kier molecular flexibility index (Phi) is 13.2. The fourth-order valence-electron chi connectivity index (χ4n) is 4.06. The van der Waals surface area contributed by atoms with E-state index >= 15 is 0 Å². The fraction of sp³-hybridized carbons (Fsp3) is 0.538. The van der Waals surface area contributed by atoms with Gasteiger partial charge in [-0.1, -0.05) is 24.6 Å². The minimum absolute atomic E-state index is 0.0139. The van der Waals surface area contributed by atoms with E-state index in [4.69, 9.17) is 11.5 Å². The predicted octanol–water partition coefficient (Wildman–Crippen LogP) is -0.160. The zero-order chi connectivity index (χ0) is 28.9. The number of hydrogen-bond acceptors (Lipinski definition) is 8. The Labute approximate surface area is 232 Å². The van der Waals surface area contributed by atoms with E-state index in [0.29, 0.717) is 30.7 Å². The number of carboxylic acid groups (broad SMARTS) is 1. The number of fused-ring (bicyclic) bond motifs is 1. The third kappa shape index (κ3) is 9.84. The number of aliphatic hydroxyl groups excluding tert-OH is 1. The maximum Gasteiger partial charge on any atom is 0.326 e. The lowest BCUT2D eigenvalue weighted by Crippen LogP contribution is -2.60. The largest absolute Gasteiger partial charge is 0.480 e. The lowest BCUT2D eigenvalue weighted by molar-refractivity contribution is -0.143. The van der Waals surface area contributed by atoms with Gasteiger partial charge in [-0.3, -0.25) is 14.4 Å². The summed E-state index contributed by atoms with van der Waals surface area (Å²) in [5.74, 6) is -2.78. The molecule has 13 heteroatoms. The number of nitrogens with one attached hydrogen (secondary N) is 4. The quantitative estimate of drug-likeness (QED) is 0.120. The number of para-hydroxylation sites is 1. The van der Waals surface area contributed by atoms with Crippen LogP contribution in [-0.2, 0) is 25.6 Å². The van der Waals surface area contributed by atoms with Gasteiger partial charge in [-0.15, -0.1) is 0 Å². The van der Waals surface area contributed by atoms with Gasteiger partial charge in [0.25, 0.3) is 0 Å². The van der Waals surface area contributed by atoms with Crippen molar-refractivity contribution < 1.29 is 29.4 Å². The average molecular weight is 565 g/mol. The molecule has 2 rings (SSSR count). The van der Waals surface area contributed by atoms with E-state index in [2.05, 4.69) is 20.9 Å². The van der Waals surface area contributed by atoms with Crippen LogP contribution in [-0.4, -0.2) is 87.7 Å². The van der Waals surface area contributed by atoms with E-state index < -0.39 is 54.0 Å². The van der Waals surface area contributed by atoms with Gasteiger partial charge in [-0.2, -0.15) is 11.8 Å². The van der Waals surface area contributed by atoms with Crippen molar-refractivity contribution in [1.29, 1.82) is 0 Å². The van der Waals surface area contributed by atoms with Gasteiger partial charge in [-0.25, -0.2) is 4.79 Å². The van der Waals surface area contributed by atoms with Crippen molar-refractivity contribution in [1.82, 2.24) is 20.9 Å². The Balaban J connectivity index is 2.10. The van der Waals surface area contributed by atoms with E-state index in [-0.39, 0.29) is 12.8 Å². The number of aromatic nitrogens is 1. The zero-order valence-electron chi connectivity index (χ0n) is 22.3. The molecule has 216 valence electrons. The summed E-state index contributed by atoms with van der Waals surface area (Å²) in [7, 11) is 0. The zero-order valence-corrected chi connectivity index (χ0v) is 23.1. The van der Waals surface area contributed by atoms with Crippen LogP contribution >= 0.6 is 11.8 Å². The predicted molar refractivity (Wildman–Crippen MR) is 151 cm³/mol. The van der Waals surface area contributed by atoms with Crippen LogP contribution in [0, 0.1) is 0 Å². The monoisotopic (exact) mass is 564 g/mol. The molecule has 0 aliphatic carbocycles. The number of aliphatic carboxylic acids is 1. The second-order valence-corrected chi connectivity index (χ2v) is 10.4. The van der Waals surface area contributed by atoms with Crippen LogP contribution in [0.2, 0.25) is 0 Å². The van der Waals surface area contributed by atoms with E-state index in [1.165, 1.54) is 18.7 Å². The topological polar surface area (TPSA) is 213 Å². The van der Waals surface area contributed by atoms with Crippen molar-refractivity contribution in [3.63, 3.8) is 0 Å². The molecule has 2 aromatic rings. The molecule has 0 spiro atoms. The molecule has 12 nitrogen and oxygen atoms in total. The number of nitrogens with two attached hydrogens (primary N) is 2. The average Bonchev–Trinajstić information content (AvgIpc) is 3.31. The molecule has 0 saturated carbocycles. The number of aliphatic hydroxyl groups is 1. The Morgan fingerprint density at radius 2 is 1.69 bits per heavy atom. The molecule has 1 aromatic carbocycles. The maximum atomic E-state index is 13.1. The normalized spacial score (nSPS) is 15.1. The highest BCUT2D eigenvalue weighted by Gasteiger charge is 2.33. The summed E-state index contributed by atoms with van der Waals surface area (Å²) in [5.41, 5.74) is 13.0. The summed E-state index contributed by atoms with van der Waals surface area (Å²) >= 11 is 1.47. The molecule has 0 radical (unpaired) electrons. The first-order valence-corrected chi connectivity index (χ1v) is 14.3. The third-order valence-electron chi connectivity index (χ3n) is 6.33. The van der Waals surface area contributed by atoms with Gasteiger partial charge < -0.3 is 42.6 Å². The number of rotatable bonds is 17. The molecular formula is C26H40N6O6S. The van der Waals surface area contributed by atoms with Crippen molar-refractivity contribution in [2.75, 3.05) is 18.6 Å². The van der Waals surface area contributed by atoms with Crippen LogP contribution in [0.25, 0.3) is 10.9 Å². The highest BCUT2D eigenvalue weighted by Crippen LogP contribution is 2.19. The molecule has 10 N–H and O–H groups in total. The number of benzene rings is 1. The van der Waals surface area contributed by atoms with Gasteiger partial charge >= 0.3 is 5.97 Å². The van der Waals surface area contributed by atoms with Gasteiger partial charge in [-0.05, 0) is 56.4 Å². The van der Waals surface area contributed by atoms with Crippen molar-refractivity contribution in [3.05, 3.63) is 36.0 Å². The molecule has 0 saturated heterocycles. The number of carbonyl (C=O) groups is 4. The first-order chi connectivity index (χ1) is 18.6. The van der Waals surface area contributed by atoms with E-state index in [1.54, 1.807) is 6.20 Å². The molecule has 5 atom stereocenters. The molecule has 0 fully saturated rings. The minimum Gasteiger partial charge on any atom is -0.480 e. The van der Waals surface area contributed by atoms with Gasteiger partial charge in [0.2, 0.25) is 17.7 Å². The number of H-pyrrole nitrogens is 1. The standard InChI is InChI=1S/C26H40N6O6S/c1-15(33)22(32-24(35)20(10-12-39-2)30-23(34)18(28)8-5-6-11-27)25(36)31-21(26(37)38)13-16-14-29-19-9-4-3-7-17(16)19/h3-4,7,9,14-15,18,20-22,29,33H,5-6,8,10-13,27-28H2,1-2H3,(H,30,34)(H,31,36)(H,32,35)(H,37,38). The Hall–Kier alpha value is -3.13. The van der Waals surface area contributed by atoms with Crippen molar-refractivity contribution >= 4 is 46.4 Å². The van der Waals surface area contributed by atoms with E-state index in [1.807, 2.05) is 30.5 Å². The highest BCUT2D eigenvalue weighted by molar-refractivity contribution is 7.98. The van der Waals surface area contributed by atoms with E-state index in [9.17, 15) is 29.4 Å². The van der Waals surface area contributed by atoms with Crippen molar-refractivity contribution in [2.24, 2.45) is 11.5 Å². The highest BCUT2D eigenvalue weighted by atomic mass is 32.2. The number of unbranched alkanes of at least 4 members (excludes halogenated alkanes) is 1. The van der Waals surface area contributed by atoms with Crippen LogP contribution in [0.5, 0.6) is 0 Å². The molecule has 1 heterocycles. The number of aromatic amines is 1. The molecule has 1 aromatic heterocycles. The van der Waals surface area contributed by atoms with Crippen molar-refractivity contribution in [3.8, 4) is 0 Å². The first-order valence-electron chi connectivity index (χ1n) is 12.9. The van der Waals surface area contributed by atoms with Crippen LogP contribution in [0.4, 0.5) is 0 Å². The second-order valence-electron chi connectivity index (χ2n) is 9.42. The van der Waals surface area contributed by atoms with Gasteiger partial charge in [0.1, 0.15) is 18.1 Å². The molecule has 0 bridgehead atoms. The molecule has 0 aliphatic heterocycles. The van der Waals surface area contributed by atoms with Crippen LogP contribution in [0.15, 0.2) is 30.5 Å². The van der Waals surface area contributed by atoms with E-state index in [0.717, 1.165) is 17.3 Å². The number of thioether (sulfide) groups is 1. The van der Waals surface area contributed by atoms with Gasteiger partial charge in [0.15, 0.2) is 0 Å². The number of amides is 3.